The second-order valence-corrected chi connectivity index (χ2v) is 5.02. The Hall–Kier alpha value is -2.53. The summed E-state index contributed by atoms with van der Waals surface area (Å²) < 4.78 is 0. The van der Waals surface area contributed by atoms with Crippen molar-refractivity contribution in [3.05, 3.63) is 47.5 Å². The molecule has 1 aromatic heterocycles. The van der Waals surface area contributed by atoms with Crippen LogP contribution < -0.4 is 4.90 Å². The van der Waals surface area contributed by atoms with Crippen molar-refractivity contribution in [3.63, 3.8) is 0 Å². The van der Waals surface area contributed by atoms with Crippen LogP contribution in [0.25, 0.3) is 10.9 Å². The van der Waals surface area contributed by atoms with Crippen molar-refractivity contribution < 1.29 is 10.2 Å². The van der Waals surface area contributed by atoms with Crippen molar-refractivity contribution >= 4 is 34.1 Å². The Morgan fingerprint density at radius 3 is 2.43 bits per heavy atom. The first-order valence-corrected chi connectivity index (χ1v) is 6.61. The van der Waals surface area contributed by atoms with Crippen molar-refractivity contribution in [2.24, 2.45) is 0 Å². The molecule has 1 heterocycles. The van der Waals surface area contributed by atoms with Gasteiger partial charge in [-0.3, -0.25) is 0 Å². The van der Waals surface area contributed by atoms with Gasteiger partial charge in [0.15, 0.2) is 0 Å². The summed E-state index contributed by atoms with van der Waals surface area (Å²) in [5.74, 6) is 0.417. The minimum atomic E-state index is -0.122. The largest absolute Gasteiger partial charge is 0.508 e. The molecule has 2 N–H and O–H groups in total. The number of aromatic hydroxyl groups is 2. The number of fused-ring (bicyclic) bond motifs is 1. The number of hydrogen-bond acceptors (Lipinski definition) is 5. The number of benzene rings is 2. The third-order valence-electron chi connectivity index (χ3n) is 3.16. The van der Waals surface area contributed by atoms with Crippen LogP contribution >= 0.6 is 11.6 Å². The molecule has 5 nitrogen and oxygen atoms in total. The molecule has 2 aromatic carbocycles. The normalized spacial score (nSPS) is 10.8. The summed E-state index contributed by atoms with van der Waals surface area (Å²) in [6.07, 6.45) is 0. The first kappa shape index (κ1) is 13.5. The van der Waals surface area contributed by atoms with Crippen molar-refractivity contribution in [2.45, 2.75) is 0 Å². The molecule has 0 unspecified atom stereocenters. The lowest BCUT2D eigenvalue weighted by Crippen LogP contribution is -2.12. The first-order valence-electron chi connectivity index (χ1n) is 6.23. The summed E-state index contributed by atoms with van der Waals surface area (Å²) in [5.41, 5.74) is 1.40. The van der Waals surface area contributed by atoms with Crippen LogP contribution in [0.15, 0.2) is 42.5 Å². The van der Waals surface area contributed by atoms with E-state index in [9.17, 15) is 10.2 Å². The molecule has 0 amide bonds. The van der Waals surface area contributed by atoms with E-state index in [2.05, 4.69) is 9.97 Å². The van der Waals surface area contributed by atoms with Gasteiger partial charge in [0.05, 0.1) is 10.9 Å². The smallest absolute Gasteiger partial charge is 0.233 e. The maximum Gasteiger partial charge on any atom is 0.233 e. The molecule has 0 atom stereocenters. The van der Waals surface area contributed by atoms with Crippen LogP contribution in [0.3, 0.4) is 0 Å². The summed E-state index contributed by atoms with van der Waals surface area (Å²) in [6.45, 7) is 0. The first-order chi connectivity index (χ1) is 10.0. The number of halogens is 1. The van der Waals surface area contributed by atoms with Crippen molar-refractivity contribution in [1.82, 2.24) is 9.97 Å². The van der Waals surface area contributed by atoms with Gasteiger partial charge in [0.2, 0.25) is 11.8 Å². The topological polar surface area (TPSA) is 69.5 Å². The number of anilines is 2. The highest BCUT2D eigenvalue weighted by molar-refractivity contribution is 6.31. The molecule has 3 rings (SSSR count). The van der Waals surface area contributed by atoms with Gasteiger partial charge in [0.25, 0.3) is 0 Å². The highest BCUT2D eigenvalue weighted by atomic mass is 35.5. The maximum absolute atomic E-state index is 10.0. The van der Waals surface area contributed by atoms with Crippen molar-refractivity contribution in [3.8, 4) is 11.6 Å². The second kappa shape index (κ2) is 5.10. The zero-order valence-corrected chi connectivity index (χ0v) is 11.9. The summed E-state index contributed by atoms with van der Waals surface area (Å²) in [6, 6.07) is 11.7. The summed E-state index contributed by atoms with van der Waals surface area (Å²) in [4.78, 5) is 10.2. The maximum atomic E-state index is 10.0. The molecule has 0 aliphatic heterocycles. The molecule has 6 heteroatoms. The molecule has 0 spiro atoms. The lowest BCUT2D eigenvalue weighted by Gasteiger charge is -2.17. The predicted molar refractivity (Wildman–Crippen MR) is 82.4 cm³/mol. The Bertz CT molecular complexity index is 806. The molecule has 0 aliphatic carbocycles. The molecule has 3 aromatic rings. The molecular formula is C15H12ClN3O2. The Labute approximate surface area is 126 Å². The van der Waals surface area contributed by atoms with Gasteiger partial charge >= 0.3 is 0 Å². The fraction of sp³-hybridized carbons (Fsp3) is 0.0667. The third kappa shape index (κ3) is 2.55. The van der Waals surface area contributed by atoms with E-state index in [1.165, 1.54) is 0 Å². The molecule has 0 saturated carbocycles. The van der Waals surface area contributed by atoms with Gasteiger partial charge in [0, 0.05) is 17.8 Å². The highest BCUT2D eigenvalue weighted by Gasteiger charge is 2.12. The molecule has 0 radical (unpaired) electrons. The van der Waals surface area contributed by atoms with Gasteiger partial charge in [-0.25, -0.2) is 4.98 Å². The summed E-state index contributed by atoms with van der Waals surface area (Å²) in [5, 5.41) is 20.4. The Morgan fingerprint density at radius 2 is 1.71 bits per heavy atom. The van der Waals surface area contributed by atoms with Gasteiger partial charge in [-0.15, -0.1) is 0 Å². The number of aromatic nitrogens is 2. The molecule has 0 aliphatic rings. The standard InChI is InChI=1S/C15H12ClN3O2/c1-19(10-3-5-11(20)6-4-10)15-17-13-7-2-9(16)8-12(13)14(21)18-15/h2-8,20H,1H3,(H,17,18,21). The van der Waals surface area contributed by atoms with Crippen LogP contribution in [0.4, 0.5) is 11.6 Å². The van der Waals surface area contributed by atoms with E-state index in [1.54, 1.807) is 54.4 Å². The van der Waals surface area contributed by atoms with Gasteiger partial charge in [-0.1, -0.05) is 11.6 Å². The van der Waals surface area contributed by atoms with Crippen LogP contribution in [-0.2, 0) is 0 Å². The van der Waals surface area contributed by atoms with E-state index in [0.29, 0.717) is 21.9 Å². The summed E-state index contributed by atoms with van der Waals surface area (Å²) in [7, 11) is 1.78. The molecule has 21 heavy (non-hydrogen) atoms. The van der Waals surface area contributed by atoms with E-state index in [1.807, 2.05) is 0 Å². The predicted octanol–water partition coefficient (Wildman–Crippen LogP) is 3.46. The molecule has 0 bridgehead atoms. The average molecular weight is 302 g/mol. The number of nitrogens with zero attached hydrogens (tertiary/aromatic N) is 3. The lowest BCUT2D eigenvalue weighted by molar-refractivity contribution is 0.459. The van der Waals surface area contributed by atoms with E-state index < -0.39 is 0 Å². The third-order valence-corrected chi connectivity index (χ3v) is 3.40. The van der Waals surface area contributed by atoms with Gasteiger partial charge < -0.3 is 15.1 Å². The van der Waals surface area contributed by atoms with Crippen LogP contribution in [0.2, 0.25) is 5.02 Å². The number of phenolic OH excluding ortho intramolecular Hbond substituents is 1. The Kier molecular flexibility index (Phi) is 3.27. The zero-order chi connectivity index (χ0) is 15.0. The Balaban J connectivity index is 2.08. The quantitative estimate of drug-likeness (QED) is 0.758. The van der Waals surface area contributed by atoms with Crippen LogP contribution in [0.1, 0.15) is 0 Å². The second-order valence-electron chi connectivity index (χ2n) is 4.58. The zero-order valence-electron chi connectivity index (χ0n) is 11.2. The van der Waals surface area contributed by atoms with Crippen molar-refractivity contribution in [1.29, 1.82) is 0 Å². The number of rotatable bonds is 2. The Morgan fingerprint density at radius 1 is 1.00 bits per heavy atom. The minimum absolute atomic E-state index is 0.122. The number of hydrogen-bond donors (Lipinski definition) is 2. The van der Waals surface area contributed by atoms with Crippen LogP contribution in [0.5, 0.6) is 11.6 Å². The van der Waals surface area contributed by atoms with E-state index in [-0.39, 0.29) is 11.6 Å². The lowest BCUT2D eigenvalue weighted by atomic mass is 10.2. The monoisotopic (exact) mass is 301 g/mol. The molecular weight excluding hydrogens is 290 g/mol. The van der Waals surface area contributed by atoms with Gasteiger partial charge in [-0.2, -0.15) is 4.98 Å². The fourth-order valence-electron chi connectivity index (χ4n) is 2.01. The van der Waals surface area contributed by atoms with Crippen LogP contribution in [-0.4, -0.2) is 27.2 Å². The van der Waals surface area contributed by atoms with Crippen molar-refractivity contribution in [2.75, 3.05) is 11.9 Å². The minimum Gasteiger partial charge on any atom is -0.508 e. The molecule has 0 saturated heterocycles. The van der Waals surface area contributed by atoms with Gasteiger partial charge in [-0.05, 0) is 42.5 Å². The van der Waals surface area contributed by atoms with E-state index in [0.717, 1.165) is 5.69 Å². The van der Waals surface area contributed by atoms with Gasteiger partial charge in [0.1, 0.15) is 5.75 Å². The van der Waals surface area contributed by atoms with E-state index in [4.69, 9.17) is 11.6 Å². The molecule has 106 valence electrons. The fourth-order valence-corrected chi connectivity index (χ4v) is 2.19. The molecule has 0 fully saturated rings. The van der Waals surface area contributed by atoms with Crippen LogP contribution in [0, 0.1) is 0 Å². The highest BCUT2D eigenvalue weighted by Crippen LogP contribution is 2.29. The van der Waals surface area contributed by atoms with E-state index >= 15 is 0 Å². The number of phenols is 1. The SMILES string of the molecule is CN(c1ccc(O)cc1)c1nc(O)c2cc(Cl)ccc2n1. The average Bonchev–Trinajstić information content (AvgIpc) is 2.48. The summed E-state index contributed by atoms with van der Waals surface area (Å²) >= 11 is 5.90.